The van der Waals surface area contributed by atoms with E-state index in [-0.39, 0.29) is 12.1 Å². The quantitative estimate of drug-likeness (QED) is 0.721. The van der Waals surface area contributed by atoms with Gasteiger partial charge in [-0.15, -0.1) is 0 Å². The molecule has 1 saturated heterocycles. The topological polar surface area (TPSA) is 66.9 Å². The summed E-state index contributed by atoms with van der Waals surface area (Å²) in [5.74, 6) is -0.341. The highest BCUT2D eigenvalue weighted by atomic mass is 32.2. The number of nitrogens with zero attached hydrogens (tertiary/aromatic N) is 2. The van der Waals surface area contributed by atoms with E-state index in [9.17, 15) is 13.2 Å². The predicted molar refractivity (Wildman–Crippen MR) is 108 cm³/mol. The minimum absolute atomic E-state index is 0.114. The van der Waals surface area contributed by atoms with Crippen LogP contribution in [-0.4, -0.2) is 51.3 Å². The van der Waals surface area contributed by atoms with Crippen molar-refractivity contribution < 1.29 is 17.9 Å². The van der Waals surface area contributed by atoms with E-state index in [1.54, 1.807) is 18.2 Å². The third kappa shape index (κ3) is 4.05. The monoisotopic (exact) mass is 400 g/mol. The normalized spacial score (nSPS) is 19.6. The molecule has 0 aliphatic carbocycles. The molecule has 7 heteroatoms. The van der Waals surface area contributed by atoms with E-state index >= 15 is 0 Å². The molecule has 0 bridgehead atoms. The molecule has 0 aromatic heterocycles. The van der Waals surface area contributed by atoms with Crippen molar-refractivity contribution in [3.8, 4) is 0 Å². The van der Waals surface area contributed by atoms with Gasteiger partial charge in [-0.05, 0) is 42.2 Å². The lowest BCUT2D eigenvalue weighted by atomic mass is 10.1. The molecule has 4 rings (SSSR count). The Morgan fingerprint density at radius 2 is 1.93 bits per heavy atom. The van der Waals surface area contributed by atoms with Gasteiger partial charge in [0.2, 0.25) is 10.0 Å². The predicted octanol–water partition coefficient (Wildman–Crippen LogP) is 2.44. The Hall–Kier alpha value is -2.38. The number of hydrogen-bond acceptors (Lipinski definition) is 5. The summed E-state index contributed by atoms with van der Waals surface area (Å²) < 4.78 is 30.8. The van der Waals surface area contributed by atoms with Crippen molar-refractivity contribution in [2.24, 2.45) is 0 Å². The number of likely N-dealkylation sites (tertiary alicyclic amines) is 1. The van der Waals surface area contributed by atoms with Gasteiger partial charge in [-0.1, -0.05) is 30.3 Å². The van der Waals surface area contributed by atoms with Crippen molar-refractivity contribution in [2.75, 3.05) is 30.2 Å². The summed E-state index contributed by atoms with van der Waals surface area (Å²) in [5.41, 5.74) is 3.27. The fourth-order valence-electron chi connectivity index (χ4n) is 3.94. The summed E-state index contributed by atoms with van der Waals surface area (Å²) in [6.07, 6.45) is 2.52. The van der Waals surface area contributed by atoms with Crippen molar-refractivity contribution >= 4 is 21.7 Å². The van der Waals surface area contributed by atoms with E-state index in [4.69, 9.17) is 4.74 Å². The van der Waals surface area contributed by atoms with Gasteiger partial charge >= 0.3 is 5.97 Å². The second kappa shape index (κ2) is 7.56. The minimum atomic E-state index is -3.29. The fourth-order valence-corrected chi connectivity index (χ4v) is 4.90. The van der Waals surface area contributed by atoms with Gasteiger partial charge < -0.3 is 4.74 Å². The molecule has 1 fully saturated rings. The van der Waals surface area contributed by atoms with E-state index < -0.39 is 10.0 Å². The highest BCUT2D eigenvalue weighted by molar-refractivity contribution is 7.92. The van der Waals surface area contributed by atoms with Crippen LogP contribution in [-0.2, 0) is 27.7 Å². The number of ether oxygens (including phenoxy) is 1. The second-order valence-corrected chi connectivity index (χ2v) is 9.37. The number of fused-ring (bicyclic) bond motifs is 1. The number of sulfonamides is 1. The van der Waals surface area contributed by atoms with Crippen molar-refractivity contribution in [3.05, 3.63) is 65.2 Å². The van der Waals surface area contributed by atoms with E-state index in [1.165, 1.54) is 16.1 Å². The Bertz CT molecular complexity index is 975. The van der Waals surface area contributed by atoms with Gasteiger partial charge in [-0.25, -0.2) is 13.2 Å². The number of hydrogen-bond donors (Lipinski definition) is 0. The Labute approximate surface area is 165 Å². The molecule has 2 aromatic rings. The number of benzene rings is 2. The average molecular weight is 401 g/mol. The summed E-state index contributed by atoms with van der Waals surface area (Å²) in [6, 6.07) is 15.4. The van der Waals surface area contributed by atoms with Gasteiger partial charge in [0.15, 0.2) is 0 Å². The van der Waals surface area contributed by atoms with Crippen LogP contribution in [0.25, 0.3) is 0 Å². The number of carbonyl (C=O) groups is 1. The SMILES string of the molecule is CS(=O)(=O)N1CCc2cc(C(=O)O[C@@H]3CCN(Cc4ccccc4)C3)ccc21. The first-order valence-electron chi connectivity index (χ1n) is 9.48. The smallest absolute Gasteiger partial charge is 0.338 e. The number of rotatable bonds is 5. The van der Waals surface area contributed by atoms with Crippen LogP contribution in [0.4, 0.5) is 5.69 Å². The van der Waals surface area contributed by atoms with Gasteiger partial charge in [0, 0.05) is 26.2 Å². The molecule has 0 saturated carbocycles. The van der Waals surface area contributed by atoms with E-state index in [0.717, 1.165) is 31.6 Å². The molecule has 2 heterocycles. The molecular formula is C21H24N2O4S. The number of anilines is 1. The van der Waals surface area contributed by atoms with Crippen LogP contribution in [0.3, 0.4) is 0 Å². The van der Waals surface area contributed by atoms with E-state index in [2.05, 4.69) is 17.0 Å². The fraction of sp³-hybridized carbons (Fsp3) is 0.381. The molecule has 0 radical (unpaired) electrons. The van der Waals surface area contributed by atoms with Crippen LogP contribution in [0.5, 0.6) is 0 Å². The summed E-state index contributed by atoms with van der Waals surface area (Å²) in [6.45, 7) is 2.91. The third-order valence-electron chi connectivity index (χ3n) is 5.32. The zero-order valence-corrected chi connectivity index (χ0v) is 16.7. The lowest BCUT2D eigenvalue weighted by molar-refractivity contribution is 0.0320. The van der Waals surface area contributed by atoms with Gasteiger partial charge in [-0.2, -0.15) is 0 Å². The highest BCUT2D eigenvalue weighted by Gasteiger charge is 2.29. The van der Waals surface area contributed by atoms with Gasteiger partial charge in [-0.3, -0.25) is 9.21 Å². The van der Waals surface area contributed by atoms with Gasteiger partial charge in [0.1, 0.15) is 6.10 Å². The van der Waals surface area contributed by atoms with Crippen LogP contribution < -0.4 is 4.31 Å². The van der Waals surface area contributed by atoms with Crippen LogP contribution in [0.2, 0.25) is 0 Å². The minimum Gasteiger partial charge on any atom is -0.457 e. The molecule has 28 heavy (non-hydrogen) atoms. The molecule has 0 amide bonds. The first-order valence-corrected chi connectivity index (χ1v) is 11.3. The Kier molecular flexibility index (Phi) is 5.12. The third-order valence-corrected chi connectivity index (χ3v) is 6.50. The Morgan fingerprint density at radius 3 is 2.68 bits per heavy atom. The molecule has 2 aliphatic heterocycles. The Morgan fingerprint density at radius 1 is 1.14 bits per heavy atom. The van der Waals surface area contributed by atoms with Crippen LogP contribution in [0, 0.1) is 0 Å². The van der Waals surface area contributed by atoms with Crippen molar-refractivity contribution in [2.45, 2.75) is 25.5 Å². The maximum absolute atomic E-state index is 12.6. The summed E-state index contributed by atoms with van der Waals surface area (Å²) in [7, 11) is -3.29. The van der Waals surface area contributed by atoms with Gasteiger partial charge in [0.05, 0.1) is 17.5 Å². The molecule has 0 unspecified atom stereocenters. The van der Waals surface area contributed by atoms with Crippen molar-refractivity contribution in [1.82, 2.24) is 4.90 Å². The number of esters is 1. The lowest BCUT2D eigenvalue weighted by Crippen LogP contribution is -2.27. The largest absolute Gasteiger partial charge is 0.457 e. The molecule has 0 N–H and O–H groups in total. The first-order chi connectivity index (χ1) is 13.4. The maximum atomic E-state index is 12.6. The highest BCUT2D eigenvalue weighted by Crippen LogP contribution is 2.31. The summed E-state index contributed by atoms with van der Waals surface area (Å²) in [4.78, 5) is 14.9. The summed E-state index contributed by atoms with van der Waals surface area (Å²) in [5, 5.41) is 0. The molecule has 6 nitrogen and oxygen atoms in total. The maximum Gasteiger partial charge on any atom is 0.338 e. The summed E-state index contributed by atoms with van der Waals surface area (Å²) >= 11 is 0. The zero-order valence-electron chi connectivity index (χ0n) is 15.9. The van der Waals surface area contributed by atoms with Crippen LogP contribution in [0.1, 0.15) is 27.9 Å². The lowest BCUT2D eigenvalue weighted by Gasteiger charge is -2.17. The van der Waals surface area contributed by atoms with Crippen LogP contribution >= 0.6 is 0 Å². The van der Waals surface area contributed by atoms with Gasteiger partial charge in [0.25, 0.3) is 0 Å². The first kappa shape index (κ1) is 19.0. The van der Waals surface area contributed by atoms with Crippen molar-refractivity contribution in [1.29, 1.82) is 0 Å². The molecule has 148 valence electrons. The molecule has 1 atom stereocenters. The molecule has 0 spiro atoms. The average Bonchev–Trinajstić information content (AvgIpc) is 3.28. The van der Waals surface area contributed by atoms with E-state index in [1.807, 2.05) is 18.2 Å². The second-order valence-electron chi connectivity index (χ2n) is 7.47. The molecule has 2 aromatic carbocycles. The number of carbonyl (C=O) groups excluding carboxylic acids is 1. The Balaban J connectivity index is 1.37. The van der Waals surface area contributed by atoms with Crippen LogP contribution in [0.15, 0.2) is 48.5 Å². The van der Waals surface area contributed by atoms with Crippen molar-refractivity contribution in [3.63, 3.8) is 0 Å². The molecular weight excluding hydrogens is 376 g/mol. The van der Waals surface area contributed by atoms with E-state index in [0.29, 0.717) is 24.2 Å². The standard InChI is InChI=1S/C21H24N2O4S/c1-28(25,26)23-12-9-17-13-18(7-8-20(17)23)21(24)27-19-10-11-22(15-19)14-16-5-3-2-4-6-16/h2-8,13,19H,9-12,14-15H2,1H3/t19-/m1/s1. The zero-order chi connectivity index (χ0) is 19.7. The molecule has 2 aliphatic rings.